The van der Waals surface area contributed by atoms with Crippen molar-refractivity contribution in [2.24, 2.45) is 0 Å². The molecule has 0 saturated carbocycles. The Morgan fingerprint density at radius 2 is 1.59 bits per heavy atom. The molecule has 5 aromatic rings. The Balaban J connectivity index is 1.59. The zero-order chi connectivity index (χ0) is 22.3. The van der Waals surface area contributed by atoms with Gasteiger partial charge < -0.3 is 14.2 Å². The van der Waals surface area contributed by atoms with E-state index in [9.17, 15) is 5.11 Å². The average molecular weight is 419 g/mol. The second kappa shape index (κ2) is 6.47. The molecule has 3 nitrogen and oxygen atoms in total. The predicted octanol–water partition coefficient (Wildman–Crippen LogP) is 6.20. The Kier molecular flexibility index (Phi) is 3.96. The second-order valence-electron chi connectivity index (χ2n) is 9.70. The molecule has 1 aliphatic carbocycles. The lowest BCUT2D eigenvalue weighted by Crippen LogP contribution is -2.49. The fourth-order valence-electron chi connectivity index (χ4n) is 4.61. The molecule has 32 heavy (non-hydrogen) atoms. The molecule has 0 fully saturated rings. The fraction of sp³-hybridized carbons (Fsp3) is 0.214. The minimum atomic E-state index is -0.982. The number of fused-ring (bicyclic) bond motifs is 7. The third kappa shape index (κ3) is 2.63. The molecule has 1 aliphatic rings. The summed E-state index contributed by atoms with van der Waals surface area (Å²) in [6.45, 7) is 7.35. The number of aliphatic hydroxyl groups is 1. The van der Waals surface area contributed by atoms with E-state index in [1.165, 1.54) is 16.3 Å². The highest BCUT2D eigenvalue weighted by atomic mass is 16.5. The minimum Gasteiger partial charge on any atom is -0.455 e. The summed E-state index contributed by atoms with van der Waals surface area (Å²) in [4.78, 5) is 0. The van der Waals surface area contributed by atoms with Crippen LogP contribution in [0, 0.1) is 0 Å². The van der Waals surface area contributed by atoms with Gasteiger partial charge in [0.05, 0.1) is 11.2 Å². The van der Waals surface area contributed by atoms with E-state index in [-0.39, 0.29) is 0 Å². The summed E-state index contributed by atoms with van der Waals surface area (Å²) in [5.41, 5.74) is 5.74. The molecule has 0 amide bonds. The number of hydrogen-bond donors (Lipinski definition) is 1. The molecule has 0 spiro atoms. The first-order valence-corrected chi connectivity index (χ1v) is 11.0. The van der Waals surface area contributed by atoms with E-state index < -0.39 is 11.2 Å². The maximum atomic E-state index is 10.5. The summed E-state index contributed by atoms with van der Waals surface area (Å²) in [5.74, 6) is 0. The van der Waals surface area contributed by atoms with Gasteiger partial charge in [0.1, 0.15) is 11.2 Å². The quantitative estimate of drug-likeness (QED) is 0.346. The summed E-state index contributed by atoms with van der Waals surface area (Å²) in [6.07, 6.45) is 0. The normalized spacial score (nSPS) is 13.3. The topological polar surface area (TPSA) is 42.6 Å². The molecule has 1 aromatic heterocycles. The molecule has 0 saturated heterocycles. The van der Waals surface area contributed by atoms with Crippen LogP contribution < -0.4 is 5.46 Å². The van der Waals surface area contributed by atoms with Crippen molar-refractivity contribution in [1.29, 1.82) is 0 Å². The molecular formula is C28H24BO3. The van der Waals surface area contributed by atoms with Crippen LogP contribution in [0.2, 0.25) is 0 Å². The smallest absolute Gasteiger partial charge is 0.331 e. The molecule has 6 rings (SSSR count). The van der Waals surface area contributed by atoms with Gasteiger partial charge in [-0.05, 0) is 72.8 Å². The zero-order valence-electron chi connectivity index (χ0n) is 18.7. The summed E-state index contributed by atoms with van der Waals surface area (Å²) >= 11 is 0. The Bertz CT molecular complexity index is 1540. The van der Waals surface area contributed by atoms with Crippen LogP contribution in [0.3, 0.4) is 0 Å². The molecule has 4 aromatic carbocycles. The van der Waals surface area contributed by atoms with Gasteiger partial charge in [-0.1, -0.05) is 54.6 Å². The van der Waals surface area contributed by atoms with Crippen LogP contribution >= 0.6 is 0 Å². The third-order valence-electron chi connectivity index (χ3n) is 7.12. The first-order chi connectivity index (χ1) is 15.3. The molecule has 1 N–H and O–H groups in total. The highest BCUT2D eigenvalue weighted by Gasteiger charge is 2.36. The summed E-state index contributed by atoms with van der Waals surface area (Å²) < 4.78 is 12.5. The van der Waals surface area contributed by atoms with E-state index in [4.69, 9.17) is 9.07 Å². The second-order valence-corrected chi connectivity index (χ2v) is 9.70. The number of hydrogen-bond acceptors (Lipinski definition) is 3. The Morgan fingerprint density at radius 1 is 0.781 bits per heavy atom. The molecule has 0 bridgehead atoms. The van der Waals surface area contributed by atoms with Crippen LogP contribution in [0.25, 0.3) is 55.0 Å². The highest BCUT2D eigenvalue weighted by molar-refractivity contribution is 6.52. The fourth-order valence-corrected chi connectivity index (χ4v) is 4.61. The number of rotatable bonds is 4. The first-order valence-electron chi connectivity index (χ1n) is 11.0. The van der Waals surface area contributed by atoms with Crippen molar-refractivity contribution in [3.8, 4) is 22.3 Å². The Hall–Kier alpha value is -3.08. The molecule has 0 unspecified atom stereocenters. The summed E-state index contributed by atoms with van der Waals surface area (Å²) in [7, 11) is 1.79. The van der Waals surface area contributed by atoms with Crippen LogP contribution in [0.4, 0.5) is 0 Å². The number of benzene rings is 4. The summed E-state index contributed by atoms with van der Waals surface area (Å²) in [6, 6.07) is 23.2. The zero-order valence-corrected chi connectivity index (χ0v) is 18.7. The van der Waals surface area contributed by atoms with E-state index in [0.29, 0.717) is 0 Å². The molecule has 1 radical (unpaired) electrons. The van der Waals surface area contributed by atoms with E-state index in [0.717, 1.165) is 44.1 Å². The Morgan fingerprint density at radius 3 is 2.41 bits per heavy atom. The van der Waals surface area contributed by atoms with Gasteiger partial charge in [-0.2, -0.15) is 0 Å². The maximum Gasteiger partial charge on any atom is 0.331 e. The largest absolute Gasteiger partial charge is 0.455 e. The van der Waals surface area contributed by atoms with Crippen molar-refractivity contribution < 1.29 is 14.2 Å². The highest BCUT2D eigenvalue weighted by Crippen LogP contribution is 2.50. The van der Waals surface area contributed by atoms with Crippen LogP contribution in [-0.4, -0.2) is 23.8 Å². The van der Waals surface area contributed by atoms with Crippen molar-refractivity contribution in [2.45, 2.75) is 38.9 Å². The minimum absolute atomic E-state index is 0.738. The lowest BCUT2D eigenvalue weighted by Gasteiger charge is -2.37. The molecule has 4 heteroatoms. The average Bonchev–Trinajstić information content (AvgIpc) is 3.30. The van der Waals surface area contributed by atoms with Crippen LogP contribution in [0.15, 0.2) is 71.1 Å². The van der Waals surface area contributed by atoms with Crippen molar-refractivity contribution in [1.82, 2.24) is 0 Å². The standard InChI is InChI=1S/C28H24BO3/c1-27(2,30)28(3,4)32-29-21-15-12-16-8-7-10-19-23(16)25(21)20-14-13-18-17-9-5-6-11-22(17)31-26(18)24(19)20/h5-15,30H,1-4H3. The molecule has 0 aliphatic heterocycles. The van der Waals surface area contributed by atoms with Gasteiger partial charge in [-0.3, -0.25) is 0 Å². The van der Waals surface area contributed by atoms with E-state index in [1.54, 1.807) is 21.3 Å². The first kappa shape index (κ1) is 19.6. The number of furan rings is 1. The van der Waals surface area contributed by atoms with E-state index in [2.05, 4.69) is 54.6 Å². The van der Waals surface area contributed by atoms with Gasteiger partial charge >= 0.3 is 7.48 Å². The number of para-hydroxylation sites is 1. The maximum absolute atomic E-state index is 10.5. The van der Waals surface area contributed by atoms with Gasteiger partial charge in [0.25, 0.3) is 0 Å². The molecule has 1 heterocycles. The third-order valence-corrected chi connectivity index (χ3v) is 7.12. The van der Waals surface area contributed by atoms with Gasteiger partial charge in [0.2, 0.25) is 0 Å². The van der Waals surface area contributed by atoms with E-state index in [1.807, 2.05) is 26.0 Å². The van der Waals surface area contributed by atoms with Crippen molar-refractivity contribution in [2.75, 3.05) is 0 Å². The SMILES string of the molecule is CC(C)(O)C(C)(C)O[B]c1ccc2cccc3c2c1-c1ccc2c(oc4ccccc42)c1-3. The van der Waals surface area contributed by atoms with E-state index >= 15 is 0 Å². The lowest BCUT2D eigenvalue weighted by atomic mass is 9.78. The van der Waals surface area contributed by atoms with Crippen LogP contribution in [0.5, 0.6) is 0 Å². The molecule has 157 valence electrons. The van der Waals surface area contributed by atoms with Gasteiger partial charge in [-0.15, -0.1) is 0 Å². The van der Waals surface area contributed by atoms with Crippen molar-refractivity contribution in [3.63, 3.8) is 0 Å². The summed E-state index contributed by atoms with van der Waals surface area (Å²) in [5, 5.41) is 15.2. The van der Waals surface area contributed by atoms with Crippen LogP contribution in [0.1, 0.15) is 27.7 Å². The molecular weight excluding hydrogens is 395 g/mol. The van der Waals surface area contributed by atoms with Crippen molar-refractivity contribution in [3.05, 3.63) is 66.7 Å². The van der Waals surface area contributed by atoms with Gasteiger partial charge in [0, 0.05) is 16.3 Å². The predicted molar refractivity (Wildman–Crippen MR) is 133 cm³/mol. The molecule has 0 atom stereocenters. The van der Waals surface area contributed by atoms with Crippen molar-refractivity contribution >= 4 is 45.7 Å². The van der Waals surface area contributed by atoms with Crippen LogP contribution in [-0.2, 0) is 4.65 Å². The monoisotopic (exact) mass is 419 g/mol. The lowest BCUT2D eigenvalue weighted by molar-refractivity contribution is -0.0893. The van der Waals surface area contributed by atoms with Gasteiger partial charge in [0.15, 0.2) is 0 Å². The Labute approximate surface area is 187 Å². The van der Waals surface area contributed by atoms with Gasteiger partial charge in [-0.25, -0.2) is 0 Å².